The van der Waals surface area contributed by atoms with Gasteiger partial charge in [0.15, 0.2) is 0 Å². The number of aliphatic carboxylic acids is 1. The number of amides is 2. The van der Waals surface area contributed by atoms with E-state index in [0.717, 1.165) is 11.1 Å². The molecule has 0 unspecified atom stereocenters. The van der Waals surface area contributed by atoms with Crippen LogP contribution in [0.4, 0.5) is 4.79 Å². The molecule has 29 heavy (non-hydrogen) atoms. The Morgan fingerprint density at radius 2 is 1.48 bits per heavy atom. The van der Waals surface area contributed by atoms with E-state index >= 15 is 0 Å². The van der Waals surface area contributed by atoms with Gasteiger partial charge in [-0.25, -0.2) is 9.59 Å². The van der Waals surface area contributed by atoms with E-state index in [1.54, 1.807) is 24.3 Å². The summed E-state index contributed by atoms with van der Waals surface area (Å²) < 4.78 is 5.16. The number of carboxylic acids is 1. The predicted octanol–water partition coefficient (Wildman–Crippen LogP) is 2.89. The van der Waals surface area contributed by atoms with Crippen LogP contribution in [0, 0.1) is 0 Å². The Morgan fingerprint density at radius 1 is 0.897 bits per heavy atom. The van der Waals surface area contributed by atoms with Crippen LogP contribution in [0.15, 0.2) is 60.7 Å². The topological polar surface area (TPSA) is 105 Å². The van der Waals surface area contributed by atoms with Gasteiger partial charge in [-0.05, 0) is 17.5 Å². The lowest BCUT2D eigenvalue weighted by molar-refractivity contribution is -0.142. The lowest BCUT2D eigenvalue weighted by atomic mass is 10.0. The fourth-order valence-corrected chi connectivity index (χ4v) is 2.79. The first-order valence-corrected chi connectivity index (χ1v) is 9.54. The fraction of sp³-hybridized carbons (Fsp3) is 0.318. The van der Waals surface area contributed by atoms with Gasteiger partial charge in [-0.3, -0.25) is 4.79 Å². The van der Waals surface area contributed by atoms with Gasteiger partial charge in [-0.15, -0.1) is 0 Å². The first-order chi connectivity index (χ1) is 14.0. The summed E-state index contributed by atoms with van der Waals surface area (Å²) in [4.78, 5) is 36.3. The highest BCUT2D eigenvalue weighted by atomic mass is 16.5. The maximum absolute atomic E-state index is 12.6. The first kappa shape index (κ1) is 21.9. The molecule has 2 atom stereocenters. The average Bonchev–Trinajstić information content (AvgIpc) is 2.73. The van der Waals surface area contributed by atoms with E-state index in [2.05, 4.69) is 10.6 Å². The van der Waals surface area contributed by atoms with Gasteiger partial charge < -0.3 is 20.5 Å². The number of hydrogen-bond acceptors (Lipinski definition) is 4. The molecule has 2 rings (SSSR count). The summed E-state index contributed by atoms with van der Waals surface area (Å²) in [5, 5.41) is 14.5. The van der Waals surface area contributed by atoms with E-state index < -0.39 is 30.1 Å². The molecule has 0 aliphatic carbocycles. The number of carbonyl (C=O) groups excluding carboxylic acids is 2. The summed E-state index contributed by atoms with van der Waals surface area (Å²) in [6.45, 7) is 1.95. The highest BCUT2D eigenvalue weighted by molar-refractivity contribution is 5.89. The molecule has 0 radical (unpaired) electrons. The van der Waals surface area contributed by atoms with E-state index in [1.165, 1.54) is 0 Å². The van der Waals surface area contributed by atoms with Gasteiger partial charge in [0.05, 0.1) is 0 Å². The molecular weight excluding hydrogens is 372 g/mol. The number of ether oxygens (including phenoxy) is 1. The lowest BCUT2D eigenvalue weighted by Crippen LogP contribution is -2.52. The molecule has 2 aromatic carbocycles. The quantitative estimate of drug-likeness (QED) is 0.571. The van der Waals surface area contributed by atoms with Gasteiger partial charge in [0.1, 0.15) is 18.7 Å². The van der Waals surface area contributed by atoms with Crippen LogP contribution in [0.3, 0.4) is 0 Å². The van der Waals surface area contributed by atoms with Crippen LogP contribution < -0.4 is 10.6 Å². The molecule has 0 aliphatic rings. The van der Waals surface area contributed by atoms with Crippen molar-refractivity contribution in [2.75, 3.05) is 0 Å². The second-order valence-electron chi connectivity index (χ2n) is 6.64. The largest absolute Gasteiger partial charge is 0.480 e. The second-order valence-corrected chi connectivity index (χ2v) is 6.64. The zero-order chi connectivity index (χ0) is 21.1. The third-order valence-corrected chi connectivity index (χ3v) is 4.30. The van der Waals surface area contributed by atoms with Gasteiger partial charge in [0.2, 0.25) is 5.91 Å². The summed E-state index contributed by atoms with van der Waals surface area (Å²) in [6, 6.07) is 16.3. The van der Waals surface area contributed by atoms with Gasteiger partial charge in [-0.1, -0.05) is 74.0 Å². The maximum Gasteiger partial charge on any atom is 0.408 e. The molecule has 7 heteroatoms. The SMILES string of the molecule is CCC[C@H](NC(=O)OCc1ccccc1)C(=O)N[C@H](Cc1ccccc1)C(=O)O. The Labute approximate surface area is 170 Å². The normalized spacial score (nSPS) is 12.4. The molecular formula is C22H26N2O5. The Morgan fingerprint density at radius 3 is 2.03 bits per heavy atom. The van der Waals surface area contributed by atoms with Crippen molar-refractivity contribution < 1.29 is 24.2 Å². The Bertz CT molecular complexity index is 795. The van der Waals surface area contributed by atoms with Crippen molar-refractivity contribution >= 4 is 18.0 Å². The van der Waals surface area contributed by atoms with Crippen molar-refractivity contribution in [1.82, 2.24) is 10.6 Å². The molecule has 2 aromatic rings. The van der Waals surface area contributed by atoms with Crippen LogP contribution in [0.1, 0.15) is 30.9 Å². The summed E-state index contributed by atoms with van der Waals surface area (Å²) in [5.41, 5.74) is 1.62. The minimum absolute atomic E-state index is 0.0822. The van der Waals surface area contributed by atoms with E-state index in [9.17, 15) is 19.5 Å². The van der Waals surface area contributed by atoms with Gasteiger partial charge in [0.25, 0.3) is 0 Å². The van der Waals surface area contributed by atoms with E-state index in [-0.39, 0.29) is 13.0 Å². The Hall–Kier alpha value is -3.35. The third-order valence-electron chi connectivity index (χ3n) is 4.30. The van der Waals surface area contributed by atoms with Gasteiger partial charge in [-0.2, -0.15) is 0 Å². The molecule has 0 heterocycles. The minimum atomic E-state index is -1.14. The zero-order valence-electron chi connectivity index (χ0n) is 16.3. The molecule has 0 aromatic heterocycles. The van der Waals surface area contributed by atoms with E-state index in [4.69, 9.17) is 4.74 Å². The lowest BCUT2D eigenvalue weighted by Gasteiger charge is -2.21. The maximum atomic E-state index is 12.6. The summed E-state index contributed by atoms with van der Waals surface area (Å²) in [6.07, 6.45) is 0.425. The molecule has 0 saturated carbocycles. The number of benzene rings is 2. The Kier molecular flexibility index (Phi) is 8.69. The number of carboxylic acid groups (broad SMARTS) is 1. The van der Waals surface area contributed by atoms with E-state index in [1.807, 2.05) is 43.3 Å². The molecule has 3 N–H and O–H groups in total. The standard InChI is InChI=1S/C22H26N2O5/c1-2-9-18(24-22(28)29-15-17-12-7-4-8-13-17)20(25)23-19(21(26)27)14-16-10-5-3-6-11-16/h3-8,10-13,18-19H,2,9,14-15H2,1H3,(H,23,25)(H,24,28)(H,26,27)/t18-,19+/m0/s1. The molecule has 2 amide bonds. The molecule has 7 nitrogen and oxygen atoms in total. The van der Waals surface area contributed by atoms with Crippen LogP contribution in [0.2, 0.25) is 0 Å². The molecule has 154 valence electrons. The number of alkyl carbamates (subject to hydrolysis) is 1. The summed E-state index contributed by atoms with van der Waals surface area (Å²) in [7, 11) is 0. The number of rotatable bonds is 10. The van der Waals surface area contributed by atoms with Crippen LogP contribution in [-0.2, 0) is 27.4 Å². The fourth-order valence-electron chi connectivity index (χ4n) is 2.79. The first-order valence-electron chi connectivity index (χ1n) is 9.54. The van der Waals surface area contributed by atoms with Crippen LogP contribution >= 0.6 is 0 Å². The van der Waals surface area contributed by atoms with Crippen molar-refractivity contribution in [3.63, 3.8) is 0 Å². The second kappa shape index (κ2) is 11.5. The summed E-state index contributed by atoms with van der Waals surface area (Å²) in [5.74, 6) is -1.68. The molecule has 0 saturated heterocycles. The highest BCUT2D eigenvalue weighted by Crippen LogP contribution is 2.06. The smallest absolute Gasteiger partial charge is 0.408 e. The average molecular weight is 398 g/mol. The number of hydrogen-bond donors (Lipinski definition) is 3. The van der Waals surface area contributed by atoms with Crippen molar-refractivity contribution in [3.05, 3.63) is 71.8 Å². The zero-order valence-corrected chi connectivity index (χ0v) is 16.3. The van der Waals surface area contributed by atoms with E-state index in [0.29, 0.717) is 12.8 Å². The minimum Gasteiger partial charge on any atom is -0.480 e. The van der Waals surface area contributed by atoms with Gasteiger partial charge >= 0.3 is 12.1 Å². The molecule has 0 fully saturated rings. The van der Waals surface area contributed by atoms with Crippen LogP contribution in [0.5, 0.6) is 0 Å². The van der Waals surface area contributed by atoms with Crippen LogP contribution in [0.25, 0.3) is 0 Å². The highest BCUT2D eigenvalue weighted by Gasteiger charge is 2.26. The predicted molar refractivity (Wildman–Crippen MR) is 108 cm³/mol. The number of carbonyl (C=O) groups is 3. The third kappa shape index (κ3) is 7.65. The monoisotopic (exact) mass is 398 g/mol. The van der Waals surface area contributed by atoms with Crippen molar-refractivity contribution in [3.8, 4) is 0 Å². The summed E-state index contributed by atoms with van der Waals surface area (Å²) >= 11 is 0. The van der Waals surface area contributed by atoms with Gasteiger partial charge in [0, 0.05) is 6.42 Å². The number of nitrogens with one attached hydrogen (secondary N) is 2. The Balaban J connectivity index is 1.93. The molecule has 0 spiro atoms. The van der Waals surface area contributed by atoms with Crippen molar-refractivity contribution in [2.45, 2.75) is 44.9 Å². The van der Waals surface area contributed by atoms with Crippen molar-refractivity contribution in [1.29, 1.82) is 0 Å². The molecule has 0 aliphatic heterocycles. The van der Waals surface area contributed by atoms with Crippen LogP contribution in [-0.4, -0.2) is 35.2 Å². The molecule has 0 bridgehead atoms. The van der Waals surface area contributed by atoms with Crippen molar-refractivity contribution in [2.24, 2.45) is 0 Å².